The number of hydrogen-bond donors (Lipinski definition) is 0. The van der Waals surface area contributed by atoms with Gasteiger partial charge in [-0.25, -0.2) is 0 Å². The van der Waals surface area contributed by atoms with Crippen LogP contribution in [0.15, 0.2) is 18.2 Å². The molecule has 1 aromatic rings. The van der Waals surface area contributed by atoms with Crippen LogP contribution in [0.1, 0.15) is 61.5 Å². The molecule has 0 N–H and O–H groups in total. The fraction of sp³-hybridized carbons (Fsp3) is 0.316. The molecule has 0 saturated carbocycles. The molecule has 3 nitrogen and oxygen atoms in total. The quantitative estimate of drug-likeness (QED) is 0.633. The summed E-state index contributed by atoms with van der Waals surface area (Å²) in [5.41, 5.74) is 1.59. The van der Waals surface area contributed by atoms with E-state index in [9.17, 15) is 14.4 Å². The Balaban J connectivity index is 3.28. The monoisotopic (exact) mass is 294 g/mol. The van der Waals surface area contributed by atoms with Crippen molar-refractivity contribution in [2.45, 2.75) is 40.0 Å². The fourth-order valence-corrected chi connectivity index (χ4v) is 1.60. The van der Waals surface area contributed by atoms with E-state index >= 15 is 0 Å². The van der Waals surface area contributed by atoms with Gasteiger partial charge in [-0.15, -0.1) is 0 Å². The highest BCUT2D eigenvalue weighted by Crippen LogP contribution is 2.11. The molecular formula is C19H18O3. The summed E-state index contributed by atoms with van der Waals surface area (Å²) in [6, 6.07) is 4.97. The van der Waals surface area contributed by atoms with Gasteiger partial charge in [0.25, 0.3) is 0 Å². The highest BCUT2D eigenvalue weighted by atomic mass is 16.1. The van der Waals surface area contributed by atoms with E-state index in [4.69, 9.17) is 0 Å². The van der Waals surface area contributed by atoms with E-state index in [1.807, 2.05) is 0 Å². The summed E-state index contributed by atoms with van der Waals surface area (Å²) in [6.07, 6.45) is 1.06. The SMILES string of the molecule is CCC(=O)C#Cc1cc(C#CC(=O)CC)cc(C(=O)CC)c1. The normalized spacial score (nSPS) is 9.05. The maximum atomic E-state index is 11.9. The van der Waals surface area contributed by atoms with Crippen molar-refractivity contribution in [2.75, 3.05) is 0 Å². The van der Waals surface area contributed by atoms with Crippen molar-refractivity contribution in [3.63, 3.8) is 0 Å². The standard InChI is InChI=1S/C19H18O3/c1-4-17(20)9-7-14-11-15(8-10-18(21)5-2)13-16(12-14)19(22)6-3/h11-13H,4-6H2,1-3H3. The third kappa shape index (κ3) is 5.38. The molecule has 0 atom stereocenters. The average Bonchev–Trinajstić information content (AvgIpc) is 2.56. The van der Waals surface area contributed by atoms with Gasteiger partial charge in [-0.2, -0.15) is 0 Å². The van der Waals surface area contributed by atoms with Gasteiger partial charge in [0.05, 0.1) is 0 Å². The van der Waals surface area contributed by atoms with Crippen LogP contribution in [0.2, 0.25) is 0 Å². The van der Waals surface area contributed by atoms with Crippen molar-refractivity contribution >= 4 is 17.3 Å². The zero-order valence-corrected chi connectivity index (χ0v) is 13.1. The van der Waals surface area contributed by atoms with Gasteiger partial charge in [0.15, 0.2) is 5.78 Å². The second-order valence-electron chi connectivity index (χ2n) is 4.63. The molecule has 1 aromatic carbocycles. The Morgan fingerprint density at radius 3 is 1.59 bits per heavy atom. The van der Waals surface area contributed by atoms with Crippen LogP contribution in [0.4, 0.5) is 0 Å². The maximum Gasteiger partial charge on any atom is 0.205 e. The van der Waals surface area contributed by atoms with E-state index in [-0.39, 0.29) is 17.3 Å². The molecule has 22 heavy (non-hydrogen) atoms. The van der Waals surface area contributed by atoms with Gasteiger partial charge in [0, 0.05) is 36.0 Å². The van der Waals surface area contributed by atoms with Crippen molar-refractivity contribution < 1.29 is 14.4 Å². The Hall–Kier alpha value is -2.65. The van der Waals surface area contributed by atoms with E-state index in [1.54, 1.807) is 39.0 Å². The van der Waals surface area contributed by atoms with Gasteiger partial charge in [-0.05, 0) is 30.0 Å². The van der Waals surface area contributed by atoms with Crippen molar-refractivity contribution in [1.82, 2.24) is 0 Å². The molecule has 1 rings (SSSR count). The van der Waals surface area contributed by atoms with E-state index in [2.05, 4.69) is 23.7 Å². The van der Waals surface area contributed by atoms with Crippen LogP contribution in [0.3, 0.4) is 0 Å². The fourth-order valence-electron chi connectivity index (χ4n) is 1.60. The lowest BCUT2D eigenvalue weighted by Gasteiger charge is -2.01. The minimum Gasteiger partial charge on any atom is -0.294 e. The number of hydrogen-bond acceptors (Lipinski definition) is 3. The predicted octanol–water partition coefficient (Wildman–Crippen LogP) is 2.94. The Morgan fingerprint density at radius 1 is 0.773 bits per heavy atom. The summed E-state index contributed by atoms with van der Waals surface area (Å²) < 4.78 is 0. The predicted molar refractivity (Wildman–Crippen MR) is 85.4 cm³/mol. The zero-order valence-electron chi connectivity index (χ0n) is 13.1. The second kappa shape index (κ2) is 8.60. The third-order valence-electron chi connectivity index (χ3n) is 2.91. The molecule has 0 amide bonds. The summed E-state index contributed by atoms with van der Waals surface area (Å²) >= 11 is 0. The Kier molecular flexibility index (Phi) is 6.80. The molecule has 112 valence electrons. The summed E-state index contributed by atoms with van der Waals surface area (Å²) in [4.78, 5) is 34.4. The number of benzene rings is 1. The maximum absolute atomic E-state index is 11.9. The highest BCUT2D eigenvalue weighted by Gasteiger charge is 2.06. The smallest absolute Gasteiger partial charge is 0.205 e. The topological polar surface area (TPSA) is 51.2 Å². The first-order valence-corrected chi connectivity index (χ1v) is 7.28. The minimum absolute atomic E-state index is 0.0321. The van der Waals surface area contributed by atoms with Crippen LogP contribution >= 0.6 is 0 Å². The first-order chi connectivity index (χ1) is 10.5. The molecule has 0 aliphatic rings. The number of ketones is 3. The Labute approximate surface area is 131 Å². The number of carbonyl (C=O) groups is 3. The summed E-state index contributed by atoms with van der Waals surface area (Å²) in [6.45, 7) is 5.25. The minimum atomic E-state index is -0.166. The third-order valence-corrected chi connectivity index (χ3v) is 2.91. The Bertz CT molecular complexity index is 666. The lowest BCUT2D eigenvalue weighted by atomic mass is 10.0. The Morgan fingerprint density at radius 2 is 1.23 bits per heavy atom. The van der Waals surface area contributed by atoms with Crippen LogP contribution in [-0.4, -0.2) is 17.3 Å². The molecule has 0 spiro atoms. The molecule has 0 bridgehead atoms. The molecule has 0 radical (unpaired) electrons. The number of rotatable bonds is 4. The second-order valence-corrected chi connectivity index (χ2v) is 4.63. The molecule has 0 aromatic heterocycles. The highest BCUT2D eigenvalue weighted by molar-refractivity contribution is 5.98. The number of carbonyl (C=O) groups excluding carboxylic acids is 3. The van der Waals surface area contributed by atoms with Gasteiger partial charge in [0.1, 0.15) is 0 Å². The van der Waals surface area contributed by atoms with Gasteiger partial charge in [-0.1, -0.05) is 32.6 Å². The molecule has 0 aliphatic carbocycles. The molecule has 0 fully saturated rings. The molecule has 3 heteroatoms. The van der Waals surface area contributed by atoms with Crippen molar-refractivity contribution in [3.05, 3.63) is 34.9 Å². The van der Waals surface area contributed by atoms with E-state index < -0.39 is 0 Å². The number of Topliss-reactive ketones (excluding diaryl/α,β-unsaturated/α-hetero) is 3. The largest absolute Gasteiger partial charge is 0.294 e. The van der Waals surface area contributed by atoms with E-state index in [1.165, 1.54) is 0 Å². The molecular weight excluding hydrogens is 276 g/mol. The molecule has 0 aliphatic heterocycles. The van der Waals surface area contributed by atoms with Crippen LogP contribution in [0.25, 0.3) is 0 Å². The van der Waals surface area contributed by atoms with Crippen LogP contribution in [0, 0.1) is 23.7 Å². The zero-order chi connectivity index (χ0) is 16.5. The first kappa shape index (κ1) is 17.4. The summed E-state index contributed by atoms with van der Waals surface area (Å²) in [5, 5.41) is 0. The van der Waals surface area contributed by atoms with Crippen LogP contribution < -0.4 is 0 Å². The van der Waals surface area contributed by atoms with Crippen LogP contribution in [-0.2, 0) is 9.59 Å². The van der Waals surface area contributed by atoms with Gasteiger partial charge in [0.2, 0.25) is 11.6 Å². The van der Waals surface area contributed by atoms with Crippen molar-refractivity contribution in [3.8, 4) is 23.7 Å². The molecule has 0 saturated heterocycles. The van der Waals surface area contributed by atoms with Gasteiger partial charge in [-0.3, -0.25) is 14.4 Å². The van der Waals surface area contributed by atoms with Crippen LogP contribution in [0.5, 0.6) is 0 Å². The average molecular weight is 294 g/mol. The van der Waals surface area contributed by atoms with E-state index in [0.29, 0.717) is 36.0 Å². The van der Waals surface area contributed by atoms with Gasteiger partial charge < -0.3 is 0 Å². The van der Waals surface area contributed by atoms with Crippen molar-refractivity contribution in [1.29, 1.82) is 0 Å². The molecule has 0 heterocycles. The molecule has 0 unspecified atom stereocenters. The summed E-state index contributed by atoms with van der Waals surface area (Å²) in [7, 11) is 0. The van der Waals surface area contributed by atoms with Crippen molar-refractivity contribution in [2.24, 2.45) is 0 Å². The first-order valence-electron chi connectivity index (χ1n) is 7.28. The van der Waals surface area contributed by atoms with Gasteiger partial charge >= 0.3 is 0 Å². The summed E-state index contributed by atoms with van der Waals surface area (Å²) in [5.74, 6) is 10.2. The lowest BCUT2D eigenvalue weighted by molar-refractivity contribution is -0.114. The lowest BCUT2D eigenvalue weighted by Crippen LogP contribution is -1.99. The van der Waals surface area contributed by atoms with E-state index in [0.717, 1.165) is 0 Å².